The Morgan fingerprint density at radius 2 is 1.69 bits per heavy atom. The first-order chi connectivity index (χ1) is 7.20. The van der Waals surface area contributed by atoms with Crippen molar-refractivity contribution in [1.82, 2.24) is 5.32 Å². The quantitative estimate of drug-likeness (QED) is 0.299. The van der Waals surface area contributed by atoms with Crippen molar-refractivity contribution in [3.05, 3.63) is 0 Å². The van der Waals surface area contributed by atoms with E-state index in [1.54, 1.807) is 7.05 Å². The monoisotopic (exact) mass is 238 g/mol. The zero-order valence-corrected chi connectivity index (χ0v) is 12.7. The van der Waals surface area contributed by atoms with Crippen LogP contribution in [0.25, 0.3) is 0 Å². The Balaban J connectivity index is 0. The van der Waals surface area contributed by atoms with Crippen molar-refractivity contribution in [3.63, 3.8) is 0 Å². The van der Waals surface area contributed by atoms with E-state index in [1.807, 2.05) is 0 Å². The van der Waals surface area contributed by atoms with Crippen LogP contribution in [0.4, 0.5) is 0 Å². The van der Waals surface area contributed by atoms with Crippen LogP contribution < -0.4 is 5.32 Å². The van der Waals surface area contributed by atoms with E-state index in [0.29, 0.717) is 6.42 Å². The summed E-state index contributed by atoms with van der Waals surface area (Å²) < 4.78 is 4.56. The predicted molar refractivity (Wildman–Crippen MR) is 64.2 cm³/mol. The molecule has 0 bridgehead atoms. The Hall–Kier alpha value is 0.1000. The van der Waals surface area contributed by atoms with E-state index in [0.717, 1.165) is 19.3 Å². The molecule has 0 amide bonds. The van der Waals surface area contributed by atoms with Gasteiger partial charge in [-0.2, -0.15) is 0 Å². The summed E-state index contributed by atoms with van der Waals surface area (Å²) in [4.78, 5) is 22.0. The minimum absolute atomic E-state index is 0. The first-order valence-electron chi connectivity index (χ1n) is 5.58. The zero-order chi connectivity index (χ0) is 11.5. The summed E-state index contributed by atoms with van der Waals surface area (Å²) in [6.07, 6.45) is 5.72. The third-order valence-corrected chi connectivity index (χ3v) is 2.03. The van der Waals surface area contributed by atoms with Gasteiger partial charge in [0.25, 0.3) is 0 Å². The summed E-state index contributed by atoms with van der Waals surface area (Å²) in [5, 5.41) is 2.63. The van der Waals surface area contributed by atoms with Crippen LogP contribution in [-0.2, 0) is 14.3 Å². The number of hydrogen-bond donors (Lipinski definition) is 1. The van der Waals surface area contributed by atoms with Crippen molar-refractivity contribution in [3.8, 4) is 0 Å². The zero-order valence-electron chi connectivity index (χ0n) is 10.7. The van der Waals surface area contributed by atoms with E-state index < -0.39 is 11.9 Å². The number of hydrogen-bond acceptors (Lipinski definition) is 4. The van der Waals surface area contributed by atoms with Crippen molar-refractivity contribution in [2.24, 2.45) is 0 Å². The molecule has 89 valence electrons. The Bertz CT molecular complexity index is 198. The molecular formula is C11H21NNaO3. The van der Waals surface area contributed by atoms with Crippen molar-refractivity contribution < 1.29 is 14.3 Å². The Morgan fingerprint density at radius 3 is 2.25 bits per heavy atom. The van der Waals surface area contributed by atoms with E-state index in [2.05, 4.69) is 17.0 Å². The molecule has 0 atom stereocenters. The number of esters is 2. The van der Waals surface area contributed by atoms with E-state index in [9.17, 15) is 9.59 Å². The second kappa shape index (κ2) is 13.2. The number of carbonyl (C=O) groups is 2. The standard InChI is InChI=1S/C11H21NO3.Na/c1-3-4-5-6-7-8-10(13)15-11(14)9-12-2;/h12H,3-9H2,1-2H3;. The largest absolute Gasteiger partial charge is 0.392 e. The number of carbonyl (C=O) groups excluding carboxylic acids is 2. The van der Waals surface area contributed by atoms with Gasteiger partial charge in [-0.25, -0.2) is 0 Å². The first-order valence-corrected chi connectivity index (χ1v) is 5.58. The fourth-order valence-electron chi connectivity index (χ4n) is 1.23. The average molecular weight is 238 g/mol. The minimum atomic E-state index is -0.504. The molecule has 0 unspecified atom stereocenters. The molecule has 0 rings (SSSR count). The van der Waals surface area contributed by atoms with Gasteiger partial charge >= 0.3 is 11.9 Å². The Labute approximate surface area is 120 Å². The predicted octanol–water partition coefficient (Wildman–Crippen LogP) is 1.26. The van der Waals surface area contributed by atoms with Gasteiger partial charge in [0.2, 0.25) is 0 Å². The van der Waals surface area contributed by atoms with Gasteiger partial charge in [0.15, 0.2) is 0 Å². The molecule has 0 saturated heterocycles. The molecule has 0 aliphatic heterocycles. The SMILES string of the molecule is CCCCCCCC(=O)OC(=O)CNC.[Na]. The molecule has 1 radical (unpaired) electrons. The van der Waals surface area contributed by atoms with Gasteiger partial charge in [-0.05, 0) is 13.5 Å². The van der Waals surface area contributed by atoms with Gasteiger partial charge < -0.3 is 10.1 Å². The Morgan fingerprint density at radius 1 is 1.06 bits per heavy atom. The number of ether oxygens (including phenoxy) is 1. The molecule has 0 heterocycles. The molecule has 0 saturated carbocycles. The summed E-state index contributed by atoms with van der Waals surface area (Å²) in [6, 6.07) is 0. The summed E-state index contributed by atoms with van der Waals surface area (Å²) in [6.45, 7) is 2.23. The maximum atomic E-state index is 11.1. The molecule has 4 nitrogen and oxygen atoms in total. The number of nitrogens with one attached hydrogen (secondary N) is 1. The molecule has 1 N–H and O–H groups in total. The summed E-state index contributed by atoms with van der Waals surface area (Å²) in [5.41, 5.74) is 0. The summed E-state index contributed by atoms with van der Waals surface area (Å²) >= 11 is 0. The van der Waals surface area contributed by atoms with Gasteiger partial charge in [0, 0.05) is 36.0 Å². The van der Waals surface area contributed by atoms with Crippen LogP contribution >= 0.6 is 0 Å². The fourth-order valence-corrected chi connectivity index (χ4v) is 1.23. The normalized spacial score (nSPS) is 9.38. The van der Waals surface area contributed by atoms with E-state index in [4.69, 9.17) is 0 Å². The second-order valence-electron chi connectivity index (χ2n) is 3.54. The van der Waals surface area contributed by atoms with Crippen molar-refractivity contribution in [1.29, 1.82) is 0 Å². The van der Waals surface area contributed by atoms with E-state index in [-0.39, 0.29) is 36.1 Å². The van der Waals surface area contributed by atoms with Crippen LogP contribution in [0.1, 0.15) is 45.4 Å². The molecule has 0 aromatic heterocycles. The maximum Gasteiger partial charge on any atom is 0.327 e. The van der Waals surface area contributed by atoms with Crippen LogP contribution in [-0.4, -0.2) is 55.1 Å². The van der Waals surface area contributed by atoms with Crippen molar-refractivity contribution in [2.45, 2.75) is 45.4 Å². The van der Waals surface area contributed by atoms with Crippen LogP contribution in [0.15, 0.2) is 0 Å². The average Bonchev–Trinajstić information content (AvgIpc) is 2.17. The number of likely N-dealkylation sites (N-methyl/N-ethyl adjacent to an activating group) is 1. The molecule has 0 aliphatic carbocycles. The van der Waals surface area contributed by atoms with Gasteiger partial charge in [-0.3, -0.25) is 9.59 Å². The van der Waals surface area contributed by atoms with Gasteiger partial charge in [-0.1, -0.05) is 32.6 Å². The maximum absolute atomic E-state index is 11.1. The molecule has 0 aromatic rings. The van der Waals surface area contributed by atoms with Crippen molar-refractivity contribution >= 4 is 41.5 Å². The minimum Gasteiger partial charge on any atom is -0.392 e. The first kappa shape index (κ1) is 18.5. The fraction of sp³-hybridized carbons (Fsp3) is 0.818. The van der Waals surface area contributed by atoms with Gasteiger partial charge in [-0.15, -0.1) is 0 Å². The third-order valence-electron chi connectivity index (χ3n) is 2.03. The summed E-state index contributed by atoms with van der Waals surface area (Å²) in [7, 11) is 1.64. The van der Waals surface area contributed by atoms with E-state index in [1.165, 1.54) is 12.8 Å². The number of unbranched alkanes of at least 4 members (excludes halogenated alkanes) is 4. The van der Waals surface area contributed by atoms with Gasteiger partial charge in [0.1, 0.15) is 0 Å². The topological polar surface area (TPSA) is 55.4 Å². The molecule has 0 fully saturated rings. The summed E-state index contributed by atoms with van der Waals surface area (Å²) in [5.74, 6) is -0.914. The molecule has 0 aliphatic rings. The third kappa shape index (κ3) is 12.2. The molecule has 0 spiro atoms. The molecular weight excluding hydrogens is 217 g/mol. The van der Waals surface area contributed by atoms with E-state index >= 15 is 0 Å². The van der Waals surface area contributed by atoms with Crippen molar-refractivity contribution in [2.75, 3.05) is 13.6 Å². The van der Waals surface area contributed by atoms with Crippen LogP contribution in [0, 0.1) is 0 Å². The molecule has 5 heteroatoms. The number of rotatable bonds is 8. The molecule has 0 aromatic carbocycles. The van der Waals surface area contributed by atoms with Crippen LogP contribution in [0.2, 0.25) is 0 Å². The van der Waals surface area contributed by atoms with Crippen LogP contribution in [0.5, 0.6) is 0 Å². The molecule has 16 heavy (non-hydrogen) atoms. The smallest absolute Gasteiger partial charge is 0.327 e. The second-order valence-corrected chi connectivity index (χ2v) is 3.54. The van der Waals surface area contributed by atoms with Gasteiger partial charge in [0.05, 0.1) is 6.54 Å². The Kier molecular flexibility index (Phi) is 15.2. The van der Waals surface area contributed by atoms with Crippen LogP contribution in [0.3, 0.4) is 0 Å².